The minimum absolute atomic E-state index is 0.219. The molecule has 1 amide bonds. The number of carbonyl (C=O) groups is 1. The summed E-state index contributed by atoms with van der Waals surface area (Å²) in [6.45, 7) is 0. The molecule has 1 aliphatic carbocycles. The molecule has 0 radical (unpaired) electrons. The second-order valence-corrected chi connectivity index (χ2v) is 5.89. The number of pyridine rings is 1. The number of benzene rings is 1. The summed E-state index contributed by atoms with van der Waals surface area (Å²) in [4.78, 5) is 25.6. The number of halogens is 1. The van der Waals surface area contributed by atoms with Gasteiger partial charge in [0, 0.05) is 28.5 Å². The number of nitrogens with one attached hydrogen (secondary N) is 1. The van der Waals surface area contributed by atoms with Crippen molar-refractivity contribution in [3.63, 3.8) is 0 Å². The van der Waals surface area contributed by atoms with Crippen LogP contribution in [0, 0.1) is 0 Å². The van der Waals surface area contributed by atoms with E-state index in [0.29, 0.717) is 10.6 Å². The quantitative estimate of drug-likeness (QED) is 0.784. The Kier molecular flexibility index (Phi) is 3.42. The van der Waals surface area contributed by atoms with Crippen LogP contribution in [0.4, 0.5) is 5.95 Å². The smallest absolute Gasteiger partial charge is 0.259 e. The van der Waals surface area contributed by atoms with Gasteiger partial charge in [-0.1, -0.05) is 11.6 Å². The van der Waals surface area contributed by atoms with Gasteiger partial charge in [-0.25, -0.2) is 9.97 Å². The number of nitrogens with zero attached hydrogens (tertiary/aromatic N) is 3. The number of carbonyl (C=O) groups excluding carboxylic acids is 1. The molecule has 0 saturated carbocycles. The van der Waals surface area contributed by atoms with E-state index in [1.807, 2.05) is 6.07 Å². The van der Waals surface area contributed by atoms with Crippen LogP contribution in [0.25, 0.3) is 10.9 Å². The lowest BCUT2D eigenvalue weighted by molar-refractivity contribution is 0.102. The third kappa shape index (κ3) is 2.53. The molecule has 0 unspecified atom stereocenters. The van der Waals surface area contributed by atoms with E-state index < -0.39 is 0 Å². The van der Waals surface area contributed by atoms with Crippen LogP contribution in [0.5, 0.6) is 0 Å². The van der Waals surface area contributed by atoms with Gasteiger partial charge in [-0.2, -0.15) is 0 Å². The number of aryl methyl sites for hydroxylation is 1. The van der Waals surface area contributed by atoms with Crippen LogP contribution in [0.3, 0.4) is 0 Å². The highest BCUT2D eigenvalue weighted by Crippen LogP contribution is 2.31. The molecule has 0 spiro atoms. The summed E-state index contributed by atoms with van der Waals surface area (Å²) in [5.41, 5.74) is 3.43. The normalized spacial score (nSPS) is 13.1. The van der Waals surface area contributed by atoms with Crippen LogP contribution < -0.4 is 5.32 Å². The summed E-state index contributed by atoms with van der Waals surface area (Å²) in [6, 6.07) is 7.14. The lowest BCUT2D eigenvalue weighted by Gasteiger charge is -2.12. The van der Waals surface area contributed by atoms with Crippen molar-refractivity contribution in [2.24, 2.45) is 0 Å². The molecule has 23 heavy (non-hydrogen) atoms. The molecule has 1 aromatic carbocycles. The minimum Gasteiger partial charge on any atom is -0.290 e. The molecule has 3 aromatic rings. The Balaban J connectivity index is 1.87. The largest absolute Gasteiger partial charge is 0.290 e. The number of hydrogen-bond acceptors (Lipinski definition) is 4. The molecular formula is C17H13ClN4O. The maximum atomic E-state index is 12.8. The van der Waals surface area contributed by atoms with Crippen molar-refractivity contribution in [3.8, 4) is 0 Å². The third-order valence-corrected chi connectivity index (χ3v) is 4.23. The van der Waals surface area contributed by atoms with Gasteiger partial charge < -0.3 is 0 Å². The second kappa shape index (κ2) is 5.59. The molecule has 1 N–H and O–H groups in total. The summed E-state index contributed by atoms with van der Waals surface area (Å²) >= 11 is 6.12. The Hall–Kier alpha value is -2.53. The van der Waals surface area contributed by atoms with Crippen LogP contribution in [0.2, 0.25) is 5.02 Å². The second-order valence-electron chi connectivity index (χ2n) is 5.45. The Morgan fingerprint density at radius 2 is 2.00 bits per heavy atom. The van der Waals surface area contributed by atoms with Crippen molar-refractivity contribution >= 4 is 34.4 Å². The zero-order chi connectivity index (χ0) is 15.8. The van der Waals surface area contributed by atoms with Crippen molar-refractivity contribution < 1.29 is 4.79 Å². The lowest BCUT2D eigenvalue weighted by atomic mass is 10.0. The van der Waals surface area contributed by atoms with E-state index in [2.05, 4.69) is 20.3 Å². The third-order valence-electron chi connectivity index (χ3n) is 3.99. The first-order valence-corrected chi connectivity index (χ1v) is 7.79. The molecule has 5 nitrogen and oxygen atoms in total. The monoisotopic (exact) mass is 324 g/mol. The molecule has 114 valence electrons. The predicted molar refractivity (Wildman–Crippen MR) is 88.8 cm³/mol. The number of anilines is 1. The van der Waals surface area contributed by atoms with E-state index in [9.17, 15) is 4.79 Å². The maximum Gasteiger partial charge on any atom is 0.259 e. The van der Waals surface area contributed by atoms with Crippen LogP contribution in [-0.4, -0.2) is 20.9 Å². The number of aromatic nitrogens is 3. The molecule has 0 aliphatic heterocycles. The van der Waals surface area contributed by atoms with Gasteiger partial charge in [0.05, 0.1) is 11.1 Å². The fraction of sp³-hybridized carbons (Fsp3) is 0.176. The zero-order valence-corrected chi connectivity index (χ0v) is 13.0. The van der Waals surface area contributed by atoms with Crippen LogP contribution in [0.15, 0.2) is 36.7 Å². The molecule has 0 saturated heterocycles. The van der Waals surface area contributed by atoms with Crippen molar-refractivity contribution in [2.45, 2.75) is 19.3 Å². The first-order chi connectivity index (χ1) is 11.2. The van der Waals surface area contributed by atoms with Gasteiger partial charge in [0.2, 0.25) is 5.95 Å². The average molecular weight is 325 g/mol. The van der Waals surface area contributed by atoms with E-state index in [1.54, 1.807) is 30.6 Å². The highest BCUT2D eigenvalue weighted by molar-refractivity contribution is 6.31. The summed E-state index contributed by atoms with van der Waals surface area (Å²) < 4.78 is 0. The number of amides is 1. The maximum absolute atomic E-state index is 12.8. The van der Waals surface area contributed by atoms with Crippen molar-refractivity contribution in [1.82, 2.24) is 15.0 Å². The van der Waals surface area contributed by atoms with E-state index in [-0.39, 0.29) is 11.9 Å². The summed E-state index contributed by atoms with van der Waals surface area (Å²) in [7, 11) is 0. The van der Waals surface area contributed by atoms with Crippen LogP contribution in [0.1, 0.15) is 28.0 Å². The molecule has 4 rings (SSSR count). The lowest BCUT2D eigenvalue weighted by Crippen LogP contribution is -2.17. The van der Waals surface area contributed by atoms with E-state index in [0.717, 1.165) is 41.4 Å². The molecule has 0 bridgehead atoms. The van der Waals surface area contributed by atoms with Gasteiger partial charge in [-0.3, -0.25) is 15.1 Å². The van der Waals surface area contributed by atoms with Gasteiger partial charge in [0.25, 0.3) is 5.91 Å². The Morgan fingerprint density at radius 1 is 1.17 bits per heavy atom. The predicted octanol–water partition coefficient (Wildman–Crippen LogP) is 3.42. The molecule has 2 aromatic heterocycles. The van der Waals surface area contributed by atoms with Crippen molar-refractivity contribution in [3.05, 3.63) is 58.5 Å². The van der Waals surface area contributed by atoms with Crippen LogP contribution in [-0.2, 0) is 12.8 Å². The van der Waals surface area contributed by atoms with Gasteiger partial charge in [0.1, 0.15) is 0 Å². The SMILES string of the molecule is O=C(Nc1ncccn1)c1c2c(nc3ccc(Cl)cc13)CCC2. The standard InChI is InChI=1S/C17H13ClN4O/c18-10-5-6-14-12(9-10)15(11-3-1-4-13(11)21-14)16(23)22-17-19-7-2-8-20-17/h2,5-9H,1,3-4H2,(H,19,20,22,23). The van der Waals surface area contributed by atoms with E-state index in [4.69, 9.17) is 11.6 Å². The van der Waals surface area contributed by atoms with E-state index >= 15 is 0 Å². The highest BCUT2D eigenvalue weighted by Gasteiger charge is 2.24. The topological polar surface area (TPSA) is 67.8 Å². The molecular weight excluding hydrogens is 312 g/mol. The Bertz CT molecular complexity index is 911. The fourth-order valence-corrected chi connectivity index (χ4v) is 3.19. The zero-order valence-electron chi connectivity index (χ0n) is 12.2. The van der Waals surface area contributed by atoms with Gasteiger partial charge in [-0.15, -0.1) is 0 Å². The summed E-state index contributed by atoms with van der Waals surface area (Å²) in [5.74, 6) is 0.0697. The molecule has 0 fully saturated rings. The van der Waals surface area contributed by atoms with Crippen molar-refractivity contribution in [2.75, 3.05) is 5.32 Å². The number of hydrogen-bond donors (Lipinski definition) is 1. The molecule has 2 heterocycles. The Morgan fingerprint density at radius 3 is 2.83 bits per heavy atom. The fourth-order valence-electron chi connectivity index (χ4n) is 3.02. The Labute approximate surface area is 137 Å². The van der Waals surface area contributed by atoms with E-state index in [1.165, 1.54) is 0 Å². The molecule has 1 aliphatic rings. The van der Waals surface area contributed by atoms with Crippen LogP contribution >= 0.6 is 11.6 Å². The highest BCUT2D eigenvalue weighted by atomic mass is 35.5. The first-order valence-electron chi connectivity index (χ1n) is 7.42. The first kappa shape index (κ1) is 14.1. The van der Waals surface area contributed by atoms with Gasteiger partial charge in [-0.05, 0) is 49.1 Å². The average Bonchev–Trinajstić information content (AvgIpc) is 3.01. The minimum atomic E-state index is -0.219. The summed E-state index contributed by atoms with van der Waals surface area (Å²) in [5, 5.41) is 4.12. The molecule has 6 heteroatoms. The van der Waals surface area contributed by atoms with Gasteiger partial charge >= 0.3 is 0 Å². The number of fused-ring (bicyclic) bond motifs is 2. The molecule has 0 atom stereocenters. The number of rotatable bonds is 2. The van der Waals surface area contributed by atoms with Crippen molar-refractivity contribution in [1.29, 1.82) is 0 Å². The summed E-state index contributed by atoms with van der Waals surface area (Å²) in [6.07, 6.45) is 5.94. The van der Waals surface area contributed by atoms with Gasteiger partial charge in [0.15, 0.2) is 0 Å².